The third-order valence-corrected chi connectivity index (χ3v) is 4.61. The maximum atomic E-state index is 11.1. The second kappa shape index (κ2) is 10.8. The van der Waals surface area contributed by atoms with Gasteiger partial charge in [0.15, 0.2) is 0 Å². The Morgan fingerprint density at radius 1 is 0.714 bits per heavy atom. The van der Waals surface area contributed by atoms with Crippen LogP contribution in [0.25, 0.3) is 34.2 Å². The second-order valence-corrected chi connectivity index (χ2v) is 7.69. The highest BCUT2D eigenvalue weighted by atomic mass is 35.7. The van der Waals surface area contributed by atoms with E-state index in [9.17, 15) is 20.2 Å². The zero-order valence-electron chi connectivity index (χ0n) is 17.6. The molecule has 0 radical (unpaired) electrons. The molecule has 0 saturated heterocycles. The number of hydrogen-bond acceptors (Lipinski definition) is 8. The van der Waals surface area contributed by atoms with Crippen molar-refractivity contribution in [2.75, 3.05) is 0 Å². The third-order valence-electron chi connectivity index (χ3n) is 4.61. The van der Waals surface area contributed by atoms with Crippen molar-refractivity contribution < 1.29 is 43.1 Å². The fourth-order valence-electron chi connectivity index (χ4n) is 3.10. The number of hydrogen-bond donors (Lipinski definition) is 0. The Morgan fingerprint density at radius 2 is 1.29 bits per heavy atom. The minimum Gasteiger partial charge on any atom is -0.258 e. The van der Waals surface area contributed by atoms with Crippen LogP contribution in [0.5, 0.6) is 0 Å². The lowest BCUT2D eigenvalue weighted by molar-refractivity contribution is -2.00. The lowest BCUT2D eigenvalue weighted by atomic mass is 10.0. The molecule has 0 atom stereocenters. The zero-order chi connectivity index (χ0) is 25.6. The summed E-state index contributed by atoms with van der Waals surface area (Å²) in [5.41, 5.74) is 2.99. The van der Waals surface area contributed by atoms with Crippen LogP contribution in [0.1, 0.15) is 11.3 Å². The number of nitro benzene ring substituents is 2. The number of nitro groups is 2. The minimum absolute atomic E-state index is 0.00844. The molecule has 0 aliphatic heterocycles. The summed E-state index contributed by atoms with van der Waals surface area (Å²) < 4.78 is 40.0. The topological polar surface area (TPSA) is 190 Å². The van der Waals surface area contributed by atoms with Gasteiger partial charge in [0.05, 0.1) is 26.9 Å². The fourth-order valence-corrected chi connectivity index (χ4v) is 3.10. The van der Waals surface area contributed by atoms with Gasteiger partial charge in [-0.3, -0.25) is 20.2 Å². The van der Waals surface area contributed by atoms with E-state index in [0.717, 1.165) is 16.7 Å². The van der Waals surface area contributed by atoms with Crippen LogP contribution in [0.3, 0.4) is 0 Å². The molecular formula is C23H15ClN2O9. The van der Waals surface area contributed by atoms with E-state index >= 15 is 0 Å². The Morgan fingerprint density at radius 3 is 1.86 bits per heavy atom. The Kier molecular flexibility index (Phi) is 7.81. The van der Waals surface area contributed by atoms with Gasteiger partial charge in [0.1, 0.15) is 0 Å². The highest BCUT2D eigenvalue weighted by Crippen LogP contribution is 2.32. The molecule has 4 rings (SSSR count). The quantitative estimate of drug-likeness (QED) is 0.223. The Balaban J connectivity index is 0.000000623. The van der Waals surface area contributed by atoms with Crippen molar-refractivity contribution >= 4 is 34.5 Å². The van der Waals surface area contributed by atoms with Gasteiger partial charge in [-0.05, 0) is 35.4 Å². The molecule has 0 N–H and O–H groups in total. The lowest BCUT2D eigenvalue weighted by Crippen LogP contribution is -2.68. The first-order valence-electron chi connectivity index (χ1n) is 9.66. The lowest BCUT2D eigenvalue weighted by Gasteiger charge is -2.17. The minimum atomic E-state index is -4.94. The largest absolute Gasteiger partial charge is 0.361 e. The maximum Gasteiger partial charge on any atom is 0.361 e. The summed E-state index contributed by atoms with van der Waals surface area (Å²) in [6.07, 6.45) is 3.58. The van der Waals surface area contributed by atoms with E-state index < -0.39 is 20.1 Å². The summed E-state index contributed by atoms with van der Waals surface area (Å²) in [5.74, 6) is 0.570. The van der Waals surface area contributed by atoms with Gasteiger partial charge >= 0.3 is 11.3 Å². The molecule has 4 aromatic rings. The van der Waals surface area contributed by atoms with Gasteiger partial charge in [0, 0.05) is 30.3 Å². The summed E-state index contributed by atoms with van der Waals surface area (Å²) in [4.78, 5) is 21.0. The molecule has 0 amide bonds. The molecule has 0 saturated carbocycles. The molecule has 0 aliphatic rings. The number of rotatable bonds is 5. The number of benzene rings is 3. The number of nitrogens with zero attached hydrogens (tertiary/aromatic N) is 2. The van der Waals surface area contributed by atoms with Crippen molar-refractivity contribution in [3.8, 4) is 11.1 Å². The van der Waals surface area contributed by atoms with Gasteiger partial charge in [0.2, 0.25) is 0 Å². The third kappa shape index (κ3) is 7.37. The Hall–Kier alpha value is -4.26. The highest BCUT2D eigenvalue weighted by molar-refractivity contribution is 5.88. The summed E-state index contributed by atoms with van der Waals surface area (Å²) in [6.45, 7) is 0. The predicted octanol–water partition coefficient (Wildman–Crippen LogP) is 1.61. The summed E-state index contributed by atoms with van der Waals surface area (Å²) in [5, 5.41) is 22.5. The molecule has 0 spiro atoms. The van der Waals surface area contributed by atoms with Crippen molar-refractivity contribution in [1.29, 1.82) is 0 Å². The number of halogens is 1. The van der Waals surface area contributed by atoms with E-state index in [2.05, 4.69) is 0 Å². The average molecular weight is 499 g/mol. The van der Waals surface area contributed by atoms with Crippen LogP contribution in [0.15, 0.2) is 83.3 Å². The molecule has 178 valence electrons. The first kappa shape index (κ1) is 25.4. The standard InChI is InChI=1S/C23H15N2O5.ClHO4/c26-24(27)19-9-6-16(7-10-19)8-12-23-21(17-4-2-1-3-5-17)15-18-14-20(25(28)29)11-13-22(18)30-23;2-1(3,4)5/h1-15H;(H,2,3,4,5)/q+1;/p-1. The second-order valence-electron chi connectivity index (χ2n) is 6.93. The van der Waals surface area contributed by atoms with E-state index in [1.54, 1.807) is 30.4 Å². The first-order chi connectivity index (χ1) is 16.5. The maximum absolute atomic E-state index is 11.1. The van der Waals surface area contributed by atoms with Crippen LogP contribution in [0.4, 0.5) is 11.4 Å². The number of non-ortho nitro benzene ring substituents is 2. The van der Waals surface area contributed by atoms with Gasteiger partial charge in [-0.2, -0.15) is 0 Å². The van der Waals surface area contributed by atoms with Gasteiger partial charge in [-0.25, -0.2) is 23.1 Å². The number of fused-ring (bicyclic) bond motifs is 1. The van der Waals surface area contributed by atoms with Gasteiger partial charge in [0.25, 0.3) is 11.4 Å². The highest BCUT2D eigenvalue weighted by Gasteiger charge is 2.20. The summed E-state index contributed by atoms with van der Waals surface area (Å²) >= 11 is 0. The predicted molar refractivity (Wildman–Crippen MR) is 115 cm³/mol. The van der Waals surface area contributed by atoms with Gasteiger partial charge in [-0.15, -0.1) is 10.2 Å². The van der Waals surface area contributed by atoms with Crippen molar-refractivity contribution in [3.63, 3.8) is 0 Å². The van der Waals surface area contributed by atoms with Crippen LogP contribution >= 0.6 is 0 Å². The molecule has 0 fully saturated rings. The van der Waals surface area contributed by atoms with Gasteiger partial charge in [-0.1, -0.05) is 30.3 Å². The van der Waals surface area contributed by atoms with Gasteiger partial charge < -0.3 is 0 Å². The van der Waals surface area contributed by atoms with E-state index in [1.165, 1.54) is 24.3 Å². The van der Waals surface area contributed by atoms with Crippen LogP contribution in [-0.2, 0) is 0 Å². The van der Waals surface area contributed by atoms with Crippen molar-refractivity contribution in [3.05, 3.63) is 110 Å². The summed E-state index contributed by atoms with van der Waals surface area (Å²) in [6, 6.07) is 22.1. The first-order valence-corrected chi connectivity index (χ1v) is 10.9. The Labute approximate surface area is 199 Å². The Bertz CT molecular complexity index is 1380. The summed E-state index contributed by atoms with van der Waals surface area (Å²) in [7, 11) is -4.94. The van der Waals surface area contributed by atoms with Crippen molar-refractivity contribution in [1.82, 2.24) is 0 Å². The smallest absolute Gasteiger partial charge is 0.258 e. The van der Waals surface area contributed by atoms with Crippen LogP contribution in [0, 0.1) is 30.5 Å². The molecule has 3 aromatic carbocycles. The molecule has 12 heteroatoms. The van der Waals surface area contributed by atoms with E-state index in [-0.39, 0.29) is 11.4 Å². The molecule has 1 heterocycles. The fraction of sp³-hybridized carbons (Fsp3) is 0. The molecule has 1 aromatic heterocycles. The van der Waals surface area contributed by atoms with Crippen molar-refractivity contribution in [2.24, 2.45) is 0 Å². The van der Waals surface area contributed by atoms with E-state index in [1.807, 2.05) is 36.4 Å². The monoisotopic (exact) mass is 498 g/mol. The van der Waals surface area contributed by atoms with Crippen LogP contribution in [-0.4, -0.2) is 9.85 Å². The SMILES string of the molecule is O=[N+]([O-])c1ccc(C=Cc2[o+]c3ccc([N+](=O)[O-])cc3cc2-c2ccccc2)cc1.[O-][Cl+3]([O-])([O-])[O-]. The zero-order valence-corrected chi connectivity index (χ0v) is 18.4. The molecular weight excluding hydrogens is 484 g/mol. The van der Waals surface area contributed by atoms with E-state index in [4.69, 9.17) is 23.1 Å². The molecule has 0 aliphatic carbocycles. The van der Waals surface area contributed by atoms with Crippen molar-refractivity contribution in [2.45, 2.75) is 0 Å². The molecule has 11 nitrogen and oxygen atoms in total. The van der Waals surface area contributed by atoms with Crippen LogP contribution < -0.4 is 18.6 Å². The molecule has 0 bridgehead atoms. The molecule has 35 heavy (non-hydrogen) atoms. The molecule has 0 unspecified atom stereocenters. The normalized spacial score (nSPS) is 11.2. The van der Waals surface area contributed by atoms with E-state index in [0.29, 0.717) is 16.7 Å². The van der Waals surface area contributed by atoms with Crippen LogP contribution in [0.2, 0.25) is 0 Å². The average Bonchev–Trinajstić information content (AvgIpc) is 2.81.